The van der Waals surface area contributed by atoms with Crippen LogP contribution in [0, 0.1) is 5.92 Å². The van der Waals surface area contributed by atoms with Gasteiger partial charge in [-0.15, -0.1) is 0 Å². The zero-order valence-corrected chi connectivity index (χ0v) is 12.5. The number of hydrogen-bond donors (Lipinski definition) is 1. The van der Waals surface area contributed by atoms with E-state index in [4.69, 9.17) is 5.11 Å². The van der Waals surface area contributed by atoms with Crippen molar-refractivity contribution in [3.05, 3.63) is 24.0 Å². The van der Waals surface area contributed by atoms with Crippen LogP contribution in [-0.2, 0) is 4.79 Å². The quantitative estimate of drug-likeness (QED) is 0.844. The molecule has 1 saturated heterocycles. The van der Waals surface area contributed by atoms with Crippen molar-refractivity contribution in [3.8, 4) is 0 Å². The molecule has 114 valence electrons. The van der Waals surface area contributed by atoms with Gasteiger partial charge in [0.05, 0.1) is 0 Å². The van der Waals surface area contributed by atoms with E-state index < -0.39 is 5.97 Å². The summed E-state index contributed by atoms with van der Waals surface area (Å²) in [6.45, 7) is 4.26. The Morgan fingerprint density at radius 2 is 2.14 bits per heavy atom. The molecule has 0 aromatic carbocycles. The first-order valence-corrected chi connectivity index (χ1v) is 7.67. The molecule has 0 saturated carbocycles. The monoisotopic (exact) mass is 289 g/mol. The number of aliphatic carboxylic acids is 1. The van der Waals surface area contributed by atoms with Crippen LogP contribution in [0.2, 0.25) is 0 Å². The van der Waals surface area contributed by atoms with Gasteiger partial charge in [0.15, 0.2) is 0 Å². The van der Waals surface area contributed by atoms with Gasteiger partial charge in [0, 0.05) is 37.1 Å². The summed E-state index contributed by atoms with van der Waals surface area (Å²) in [6, 6.07) is 0. The van der Waals surface area contributed by atoms with Gasteiger partial charge in [0.1, 0.15) is 0 Å². The van der Waals surface area contributed by atoms with Crippen molar-refractivity contribution in [2.75, 3.05) is 18.0 Å². The number of hydrogen-bond acceptors (Lipinski definition) is 4. The molecule has 5 heteroatoms. The fourth-order valence-electron chi connectivity index (χ4n) is 2.81. The smallest absolute Gasteiger partial charge is 0.328 e. The summed E-state index contributed by atoms with van der Waals surface area (Å²) in [7, 11) is 0. The summed E-state index contributed by atoms with van der Waals surface area (Å²) in [5, 5.41) is 8.60. The van der Waals surface area contributed by atoms with Crippen LogP contribution in [0.1, 0.15) is 44.6 Å². The lowest BCUT2D eigenvalue weighted by Crippen LogP contribution is -2.26. The molecule has 1 aromatic rings. The third kappa shape index (κ3) is 4.85. The Morgan fingerprint density at radius 3 is 2.81 bits per heavy atom. The maximum absolute atomic E-state index is 10.5. The highest BCUT2D eigenvalue weighted by Gasteiger charge is 2.17. The fraction of sp³-hybridized carbons (Fsp3) is 0.562. The normalized spacial score (nSPS) is 19.7. The summed E-state index contributed by atoms with van der Waals surface area (Å²) < 4.78 is 0. The molecule has 1 aliphatic heterocycles. The van der Waals surface area contributed by atoms with Gasteiger partial charge in [-0.3, -0.25) is 0 Å². The Kier molecular flexibility index (Phi) is 5.72. The number of carbonyl (C=O) groups is 1. The van der Waals surface area contributed by atoms with Crippen LogP contribution in [-0.4, -0.2) is 34.1 Å². The molecule has 5 nitrogen and oxygen atoms in total. The molecule has 0 amide bonds. The molecule has 1 N–H and O–H groups in total. The van der Waals surface area contributed by atoms with Crippen molar-refractivity contribution >= 4 is 18.0 Å². The van der Waals surface area contributed by atoms with Gasteiger partial charge in [0.2, 0.25) is 5.95 Å². The molecule has 1 aromatic heterocycles. The highest BCUT2D eigenvalue weighted by molar-refractivity contribution is 5.85. The van der Waals surface area contributed by atoms with E-state index in [1.807, 2.05) is 0 Å². The average molecular weight is 289 g/mol. The maximum atomic E-state index is 10.5. The van der Waals surface area contributed by atoms with Gasteiger partial charge in [-0.1, -0.05) is 19.8 Å². The lowest BCUT2D eigenvalue weighted by Gasteiger charge is -2.20. The van der Waals surface area contributed by atoms with Crippen LogP contribution >= 0.6 is 0 Å². The lowest BCUT2D eigenvalue weighted by molar-refractivity contribution is -0.131. The zero-order valence-electron chi connectivity index (χ0n) is 12.5. The maximum Gasteiger partial charge on any atom is 0.328 e. The molecule has 2 heterocycles. The molecule has 0 bridgehead atoms. The zero-order chi connectivity index (χ0) is 15.1. The number of aromatic nitrogens is 2. The average Bonchev–Trinajstić information content (AvgIpc) is 2.72. The lowest BCUT2D eigenvalue weighted by atomic mass is 9.96. The molecule has 1 atom stereocenters. The molecular formula is C16H23N3O2. The molecule has 0 spiro atoms. The van der Waals surface area contributed by atoms with Gasteiger partial charge < -0.3 is 10.0 Å². The fourth-order valence-corrected chi connectivity index (χ4v) is 2.81. The van der Waals surface area contributed by atoms with Crippen LogP contribution in [0.15, 0.2) is 18.5 Å². The van der Waals surface area contributed by atoms with E-state index in [9.17, 15) is 4.79 Å². The van der Waals surface area contributed by atoms with Crippen molar-refractivity contribution in [3.63, 3.8) is 0 Å². The second kappa shape index (κ2) is 7.76. The van der Waals surface area contributed by atoms with Crippen LogP contribution in [0.5, 0.6) is 0 Å². The molecule has 1 fully saturated rings. The van der Waals surface area contributed by atoms with Gasteiger partial charge in [0.25, 0.3) is 0 Å². The number of anilines is 1. The predicted octanol–water partition coefficient (Wildman–Crippen LogP) is 2.98. The predicted molar refractivity (Wildman–Crippen MR) is 83.2 cm³/mol. The summed E-state index contributed by atoms with van der Waals surface area (Å²) in [6.07, 6.45) is 12.2. The Hall–Kier alpha value is -1.91. The van der Waals surface area contributed by atoms with Crippen molar-refractivity contribution < 1.29 is 9.90 Å². The second-order valence-corrected chi connectivity index (χ2v) is 5.56. The van der Waals surface area contributed by atoms with E-state index in [0.717, 1.165) is 31.0 Å². The number of carboxylic acids is 1. The third-order valence-corrected chi connectivity index (χ3v) is 3.90. The van der Waals surface area contributed by atoms with Crippen LogP contribution in [0.3, 0.4) is 0 Å². The van der Waals surface area contributed by atoms with Gasteiger partial charge >= 0.3 is 5.97 Å². The topological polar surface area (TPSA) is 66.3 Å². The van der Waals surface area contributed by atoms with E-state index in [1.165, 1.54) is 38.2 Å². The third-order valence-electron chi connectivity index (χ3n) is 3.90. The van der Waals surface area contributed by atoms with E-state index in [0.29, 0.717) is 5.56 Å². The molecule has 1 unspecified atom stereocenters. The minimum atomic E-state index is -0.964. The Morgan fingerprint density at radius 1 is 1.38 bits per heavy atom. The first-order valence-electron chi connectivity index (χ1n) is 7.67. The Bertz CT molecular complexity index is 485. The summed E-state index contributed by atoms with van der Waals surface area (Å²) in [4.78, 5) is 21.4. The molecular weight excluding hydrogens is 266 g/mol. The largest absolute Gasteiger partial charge is 0.478 e. The van der Waals surface area contributed by atoms with Crippen LogP contribution < -0.4 is 4.90 Å². The van der Waals surface area contributed by atoms with Crippen LogP contribution in [0.4, 0.5) is 5.95 Å². The van der Waals surface area contributed by atoms with E-state index in [1.54, 1.807) is 12.4 Å². The summed E-state index contributed by atoms with van der Waals surface area (Å²) in [5.74, 6) is 0.617. The highest BCUT2D eigenvalue weighted by Crippen LogP contribution is 2.23. The van der Waals surface area contributed by atoms with E-state index in [-0.39, 0.29) is 0 Å². The standard InChI is InChI=1S/C16H23N3O2/c1-2-4-13-5-3-9-19(10-8-13)16-17-11-14(12-18-16)6-7-15(20)21/h6-7,11-13H,2-5,8-10H2,1H3,(H,20,21)/b7-6+. The van der Waals surface area contributed by atoms with Crippen molar-refractivity contribution in [2.24, 2.45) is 5.92 Å². The molecule has 21 heavy (non-hydrogen) atoms. The Labute approximate surface area is 125 Å². The first-order chi connectivity index (χ1) is 10.2. The van der Waals surface area contributed by atoms with Crippen molar-refractivity contribution in [2.45, 2.75) is 39.0 Å². The van der Waals surface area contributed by atoms with Crippen molar-refractivity contribution in [1.29, 1.82) is 0 Å². The van der Waals surface area contributed by atoms with Crippen molar-refractivity contribution in [1.82, 2.24) is 9.97 Å². The first kappa shape index (κ1) is 15.5. The number of carboxylic acid groups (broad SMARTS) is 1. The van der Waals surface area contributed by atoms with Gasteiger partial charge in [-0.25, -0.2) is 14.8 Å². The second-order valence-electron chi connectivity index (χ2n) is 5.56. The number of rotatable bonds is 5. The van der Waals surface area contributed by atoms with Crippen LogP contribution in [0.25, 0.3) is 6.08 Å². The summed E-state index contributed by atoms with van der Waals surface area (Å²) in [5.41, 5.74) is 0.708. The highest BCUT2D eigenvalue weighted by atomic mass is 16.4. The molecule has 1 aliphatic rings. The minimum absolute atomic E-state index is 0.708. The molecule has 0 aliphatic carbocycles. The summed E-state index contributed by atoms with van der Waals surface area (Å²) >= 11 is 0. The number of nitrogens with zero attached hydrogens (tertiary/aromatic N) is 3. The van der Waals surface area contributed by atoms with E-state index >= 15 is 0 Å². The van der Waals surface area contributed by atoms with Gasteiger partial charge in [-0.05, 0) is 31.3 Å². The molecule has 2 rings (SSSR count). The van der Waals surface area contributed by atoms with Gasteiger partial charge in [-0.2, -0.15) is 0 Å². The Balaban J connectivity index is 1.97. The minimum Gasteiger partial charge on any atom is -0.478 e. The molecule has 0 radical (unpaired) electrons. The van der Waals surface area contributed by atoms with E-state index in [2.05, 4.69) is 21.8 Å². The SMILES string of the molecule is CCCC1CCCN(c2ncc(/C=C/C(=O)O)cn2)CC1.